The van der Waals surface area contributed by atoms with Crippen molar-refractivity contribution < 1.29 is 4.74 Å². The van der Waals surface area contributed by atoms with Gasteiger partial charge < -0.3 is 9.64 Å². The lowest BCUT2D eigenvalue weighted by molar-refractivity contribution is 0.00792. The molecule has 3 nitrogen and oxygen atoms in total. The summed E-state index contributed by atoms with van der Waals surface area (Å²) in [6.45, 7) is 9.17. The molecule has 0 radical (unpaired) electrons. The lowest BCUT2D eigenvalue weighted by Crippen LogP contribution is -2.32. The summed E-state index contributed by atoms with van der Waals surface area (Å²) in [4.78, 5) is 2.28. The summed E-state index contributed by atoms with van der Waals surface area (Å²) in [6, 6.07) is 2.17. The second kappa shape index (κ2) is 6.80. The molecule has 0 unspecified atom stereocenters. The number of hydrogen-bond donors (Lipinski definition) is 0. The average molecular weight is 198 g/mol. The molecule has 0 amide bonds. The third-order valence-electron chi connectivity index (χ3n) is 2.57. The van der Waals surface area contributed by atoms with Crippen molar-refractivity contribution in [2.24, 2.45) is 0 Å². The predicted octanol–water partition coefficient (Wildman–Crippen LogP) is 2.04. The molecule has 0 N–H and O–H groups in total. The van der Waals surface area contributed by atoms with Crippen LogP contribution < -0.4 is 0 Å². The van der Waals surface area contributed by atoms with E-state index in [1.54, 1.807) is 7.11 Å². The van der Waals surface area contributed by atoms with Crippen LogP contribution in [0.25, 0.3) is 0 Å². The van der Waals surface area contributed by atoms with E-state index in [1.165, 1.54) is 0 Å². The summed E-state index contributed by atoms with van der Waals surface area (Å²) >= 11 is 0. The Morgan fingerprint density at radius 3 is 2.43 bits per heavy atom. The van der Waals surface area contributed by atoms with Gasteiger partial charge in [-0.05, 0) is 26.8 Å². The number of rotatable bonds is 7. The maximum Gasteiger partial charge on any atom is 0.0635 e. The summed E-state index contributed by atoms with van der Waals surface area (Å²) in [5.74, 6) is 0. The van der Waals surface area contributed by atoms with Crippen molar-refractivity contribution in [3.05, 3.63) is 0 Å². The molecule has 0 aliphatic carbocycles. The van der Waals surface area contributed by atoms with Crippen molar-refractivity contribution in [3.63, 3.8) is 0 Å². The second-order valence-electron chi connectivity index (χ2n) is 4.06. The summed E-state index contributed by atoms with van der Waals surface area (Å²) in [6.07, 6.45) is 1.62. The Kier molecular flexibility index (Phi) is 6.52. The normalized spacial score (nSPS) is 11.7. The van der Waals surface area contributed by atoms with Gasteiger partial charge in [0.2, 0.25) is 0 Å². The lowest BCUT2D eigenvalue weighted by atomic mass is 10.1. The van der Waals surface area contributed by atoms with Crippen LogP contribution in [0.2, 0.25) is 0 Å². The molecule has 0 aliphatic rings. The molecule has 0 saturated heterocycles. The van der Waals surface area contributed by atoms with Crippen molar-refractivity contribution in [1.82, 2.24) is 4.90 Å². The minimum Gasteiger partial charge on any atom is -0.379 e. The largest absolute Gasteiger partial charge is 0.379 e. The molecule has 14 heavy (non-hydrogen) atoms. The number of methoxy groups -OCH3 is 1. The highest BCUT2D eigenvalue weighted by Gasteiger charge is 2.17. The van der Waals surface area contributed by atoms with E-state index in [4.69, 9.17) is 10.00 Å². The quantitative estimate of drug-likeness (QED) is 0.628. The average Bonchev–Trinajstić information content (AvgIpc) is 2.18. The van der Waals surface area contributed by atoms with E-state index in [2.05, 4.69) is 31.7 Å². The molecule has 0 heterocycles. The van der Waals surface area contributed by atoms with E-state index in [-0.39, 0.29) is 5.60 Å². The van der Waals surface area contributed by atoms with Crippen LogP contribution in [-0.4, -0.2) is 37.2 Å². The first-order valence-electron chi connectivity index (χ1n) is 5.20. The molecule has 0 fully saturated rings. The van der Waals surface area contributed by atoms with Gasteiger partial charge in [-0.25, -0.2) is 0 Å². The van der Waals surface area contributed by atoms with E-state index in [0.717, 1.165) is 26.1 Å². The molecular weight excluding hydrogens is 176 g/mol. The lowest BCUT2D eigenvalue weighted by Gasteiger charge is -2.27. The fourth-order valence-electron chi connectivity index (χ4n) is 1.17. The summed E-state index contributed by atoms with van der Waals surface area (Å²) in [5.41, 5.74) is -0.0555. The summed E-state index contributed by atoms with van der Waals surface area (Å²) in [7, 11) is 1.74. The highest BCUT2D eigenvalue weighted by molar-refractivity contribution is 4.74. The molecule has 0 atom stereocenters. The molecule has 82 valence electrons. The predicted molar refractivity (Wildman–Crippen MR) is 58.0 cm³/mol. The maximum atomic E-state index is 8.48. The fourth-order valence-corrected chi connectivity index (χ4v) is 1.17. The minimum absolute atomic E-state index is 0.0555. The van der Waals surface area contributed by atoms with Crippen LogP contribution in [0.15, 0.2) is 0 Å². The van der Waals surface area contributed by atoms with Gasteiger partial charge in [0.05, 0.1) is 11.7 Å². The highest BCUT2D eigenvalue weighted by atomic mass is 16.5. The first-order chi connectivity index (χ1) is 6.55. The highest BCUT2D eigenvalue weighted by Crippen LogP contribution is 2.13. The Morgan fingerprint density at radius 1 is 1.36 bits per heavy atom. The minimum atomic E-state index is -0.0555. The van der Waals surface area contributed by atoms with Crippen LogP contribution in [0, 0.1) is 11.3 Å². The van der Waals surface area contributed by atoms with Gasteiger partial charge in [0.15, 0.2) is 0 Å². The zero-order chi connectivity index (χ0) is 11.0. The van der Waals surface area contributed by atoms with Gasteiger partial charge >= 0.3 is 0 Å². The Morgan fingerprint density at radius 2 is 2.00 bits per heavy atom. The number of nitriles is 1. The van der Waals surface area contributed by atoms with Crippen LogP contribution in [-0.2, 0) is 4.74 Å². The Balaban J connectivity index is 3.78. The van der Waals surface area contributed by atoms with Gasteiger partial charge in [0, 0.05) is 26.6 Å². The molecule has 0 aliphatic heterocycles. The van der Waals surface area contributed by atoms with Crippen molar-refractivity contribution in [3.8, 4) is 6.07 Å². The standard InChI is InChI=1S/C11H22N2O/c1-5-13(9-6-8-12)10-7-11(2,3)14-4/h5-7,9-10H2,1-4H3. The van der Waals surface area contributed by atoms with Gasteiger partial charge in [-0.15, -0.1) is 0 Å². The van der Waals surface area contributed by atoms with Crippen LogP contribution in [0.5, 0.6) is 0 Å². The smallest absolute Gasteiger partial charge is 0.0635 e. The van der Waals surface area contributed by atoms with Gasteiger partial charge in [0.25, 0.3) is 0 Å². The molecule has 0 bridgehead atoms. The van der Waals surface area contributed by atoms with Crippen molar-refractivity contribution in [2.75, 3.05) is 26.7 Å². The molecule has 0 spiro atoms. The first kappa shape index (κ1) is 13.4. The molecule has 3 heteroatoms. The molecule has 0 aromatic rings. The summed E-state index contributed by atoms with van der Waals surface area (Å²) < 4.78 is 5.35. The van der Waals surface area contributed by atoms with Gasteiger partial charge in [-0.1, -0.05) is 6.92 Å². The molecular formula is C11H22N2O. The topological polar surface area (TPSA) is 36.3 Å². The molecule has 0 saturated carbocycles. The third kappa shape index (κ3) is 5.95. The van der Waals surface area contributed by atoms with E-state index in [0.29, 0.717) is 6.42 Å². The number of hydrogen-bond acceptors (Lipinski definition) is 3. The van der Waals surface area contributed by atoms with Gasteiger partial charge in [-0.2, -0.15) is 5.26 Å². The van der Waals surface area contributed by atoms with Crippen molar-refractivity contribution in [1.29, 1.82) is 5.26 Å². The second-order valence-corrected chi connectivity index (χ2v) is 4.06. The molecule has 0 rings (SSSR count). The molecule has 0 aromatic carbocycles. The first-order valence-corrected chi connectivity index (χ1v) is 5.20. The van der Waals surface area contributed by atoms with E-state index < -0.39 is 0 Å². The van der Waals surface area contributed by atoms with Gasteiger partial charge in [0.1, 0.15) is 0 Å². The van der Waals surface area contributed by atoms with E-state index >= 15 is 0 Å². The van der Waals surface area contributed by atoms with Crippen LogP contribution in [0.1, 0.15) is 33.6 Å². The van der Waals surface area contributed by atoms with E-state index in [1.807, 2.05) is 0 Å². The monoisotopic (exact) mass is 198 g/mol. The van der Waals surface area contributed by atoms with Crippen LogP contribution >= 0.6 is 0 Å². The van der Waals surface area contributed by atoms with Crippen LogP contribution in [0.4, 0.5) is 0 Å². The van der Waals surface area contributed by atoms with Crippen molar-refractivity contribution in [2.45, 2.75) is 39.2 Å². The Labute approximate surface area is 87.7 Å². The molecule has 0 aromatic heterocycles. The zero-order valence-corrected chi connectivity index (χ0v) is 9.84. The van der Waals surface area contributed by atoms with Crippen LogP contribution in [0.3, 0.4) is 0 Å². The number of nitrogens with zero attached hydrogens (tertiary/aromatic N) is 2. The number of ether oxygens (including phenoxy) is 1. The van der Waals surface area contributed by atoms with Crippen molar-refractivity contribution >= 4 is 0 Å². The fraction of sp³-hybridized carbons (Fsp3) is 0.909. The summed E-state index contributed by atoms with van der Waals surface area (Å²) in [5, 5.41) is 8.48. The van der Waals surface area contributed by atoms with Gasteiger partial charge in [-0.3, -0.25) is 0 Å². The Bertz CT molecular complexity index is 184. The zero-order valence-electron chi connectivity index (χ0n) is 9.84. The Hall–Kier alpha value is -0.590. The van der Waals surface area contributed by atoms with E-state index in [9.17, 15) is 0 Å². The third-order valence-corrected chi connectivity index (χ3v) is 2.57. The SMILES string of the molecule is CCN(CCC#N)CCC(C)(C)OC. The maximum absolute atomic E-state index is 8.48.